The van der Waals surface area contributed by atoms with Crippen LogP contribution in [0.1, 0.15) is 11.3 Å². The quantitative estimate of drug-likeness (QED) is 0.693. The van der Waals surface area contributed by atoms with Crippen molar-refractivity contribution in [2.75, 3.05) is 40.4 Å². The van der Waals surface area contributed by atoms with E-state index in [-0.39, 0.29) is 0 Å². The molecule has 1 aliphatic heterocycles. The highest BCUT2D eigenvalue weighted by atomic mass is 16.5. The van der Waals surface area contributed by atoms with Crippen molar-refractivity contribution in [2.45, 2.75) is 13.1 Å². The molecule has 2 aromatic rings. The van der Waals surface area contributed by atoms with Gasteiger partial charge in [-0.1, -0.05) is 12.1 Å². The van der Waals surface area contributed by atoms with Crippen LogP contribution in [0, 0.1) is 0 Å². The molecule has 2 heterocycles. The summed E-state index contributed by atoms with van der Waals surface area (Å²) < 4.78 is 16.3. The van der Waals surface area contributed by atoms with Gasteiger partial charge in [0.15, 0.2) is 11.5 Å². The van der Waals surface area contributed by atoms with Crippen LogP contribution in [0.3, 0.4) is 0 Å². The second kappa shape index (κ2) is 11.1. The lowest BCUT2D eigenvalue weighted by molar-refractivity contribution is -0.159. The fourth-order valence-corrected chi connectivity index (χ4v) is 3.05. The molecule has 1 aromatic carbocycles. The van der Waals surface area contributed by atoms with Gasteiger partial charge in [-0.2, -0.15) is 0 Å². The molecule has 0 aliphatic carbocycles. The summed E-state index contributed by atoms with van der Waals surface area (Å²) in [5.41, 5.74) is 1.17. The van der Waals surface area contributed by atoms with Gasteiger partial charge < -0.3 is 24.1 Å². The van der Waals surface area contributed by atoms with E-state index >= 15 is 0 Å². The van der Waals surface area contributed by atoms with Gasteiger partial charge in [0.2, 0.25) is 0 Å². The number of ether oxygens (including phenoxy) is 2. The van der Waals surface area contributed by atoms with Gasteiger partial charge >= 0.3 is 11.9 Å². The Labute approximate surface area is 169 Å². The zero-order valence-corrected chi connectivity index (χ0v) is 16.5. The first kappa shape index (κ1) is 22.3. The minimum Gasteiger partial charge on any atom is -0.493 e. The molecule has 9 nitrogen and oxygen atoms in total. The lowest BCUT2D eigenvalue weighted by atomic mass is 10.1. The highest BCUT2D eigenvalue weighted by Crippen LogP contribution is 2.31. The number of para-hydroxylation sites is 1. The van der Waals surface area contributed by atoms with E-state index in [9.17, 15) is 0 Å². The second-order valence-electron chi connectivity index (χ2n) is 6.39. The summed E-state index contributed by atoms with van der Waals surface area (Å²) in [4.78, 5) is 23.1. The summed E-state index contributed by atoms with van der Waals surface area (Å²) in [5, 5.41) is 14.8. The number of hydrogen-bond acceptors (Lipinski definition) is 7. The van der Waals surface area contributed by atoms with E-state index in [0.717, 1.165) is 56.5 Å². The molecular weight excluding hydrogens is 380 g/mol. The Hall–Kier alpha value is -3.04. The summed E-state index contributed by atoms with van der Waals surface area (Å²) in [6.45, 7) is 5.96. The number of aliphatic carboxylic acids is 2. The monoisotopic (exact) mass is 406 g/mol. The first-order chi connectivity index (χ1) is 13.9. The summed E-state index contributed by atoms with van der Waals surface area (Å²) in [7, 11) is 3.37. The molecule has 0 bridgehead atoms. The summed E-state index contributed by atoms with van der Waals surface area (Å²) in [5.74, 6) is -0.979. The molecule has 0 saturated carbocycles. The Morgan fingerprint density at radius 2 is 1.55 bits per heavy atom. The second-order valence-corrected chi connectivity index (χ2v) is 6.39. The highest BCUT2D eigenvalue weighted by molar-refractivity contribution is 6.27. The first-order valence-electron chi connectivity index (χ1n) is 9.07. The normalized spacial score (nSPS) is 14.6. The maximum Gasteiger partial charge on any atom is 0.414 e. The van der Waals surface area contributed by atoms with Crippen LogP contribution >= 0.6 is 0 Å². The van der Waals surface area contributed by atoms with Gasteiger partial charge in [0.25, 0.3) is 0 Å². The number of piperazine rings is 1. The Morgan fingerprint density at radius 3 is 2.03 bits per heavy atom. The van der Waals surface area contributed by atoms with Crippen LogP contribution in [0.2, 0.25) is 0 Å². The maximum absolute atomic E-state index is 9.10. The van der Waals surface area contributed by atoms with Crippen LogP contribution in [-0.2, 0) is 22.7 Å². The van der Waals surface area contributed by atoms with Gasteiger partial charge in [0, 0.05) is 38.3 Å². The smallest absolute Gasteiger partial charge is 0.414 e. The summed E-state index contributed by atoms with van der Waals surface area (Å²) in [6.07, 6.45) is 1.74. The molecule has 9 heteroatoms. The van der Waals surface area contributed by atoms with E-state index in [1.165, 1.54) is 5.56 Å². The number of benzene rings is 1. The van der Waals surface area contributed by atoms with Crippen LogP contribution in [0.15, 0.2) is 41.0 Å². The van der Waals surface area contributed by atoms with Crippen LogP contribution in [0.5, 0.6) is 11.5 Å². The van der Waals surface area contributed by atoms with Crippen LogP contribution in [0.25, 0.3) is 0 Å². The van der Waals surface area contributed by atoms with Crippen LogP contribution in [0.4, 0.5) is 0 Å². The van der Waals surface area contributed by atoms with Gasteiger partial charge in [-0.15, -0.1) is 0 Å². The Kier molecular flexibility index (Phi) is 8.50. The molecule has 1 aromatic heterocycles. The Balaban J connectivity index is 0.000000438. The third kappa shape index (κ3) is 6.81. The molecule has 1 aliphatic rings. The van der Waals surface area contributed by atoms with E-state index in [4.69, 9.17) is 33.7 Å². The maximum atomic E-state index is 9.10. The third-order valence-corrected chi connectivity index (χ3v) is 4.49. The van der Waals surface area contributed by atoms with Crippen molar-refractivity contribution in [3.63, 3.8) is 0 Å². The van der Waals surface area contributed by atoms with E-state index in [1.54, 1.807) is 20.5 Å². The van der Waals surface area contributed by atoms with E-state index in [1.807, 2.05) is 24.3 Å². The topological polar surface area (TPSA) is 113 Å². The molecule has 29 heavy (non-hydrogen) atoms. The number of rotatable bonds is 6. The van der Waals surface area contributed by atoms with Crippen molar-refractivity contribution in [3.8, 4) is 11.5 Å². The Morgan fingerprint density at radius 1 is 0.931 bits per heavy atom. The average Bonchev–Trinajstić information content (AvgIpc) is 3.22. The van der Waals surface area contributed by atoms with Gasteiger partial charge in [-0.05, 0) is 18.2 Å². The van der Waals surface area contributed by atoms with Crippen LogP contribution < -0.4 is 9.47 Å². The third-order valence-electron chi connectivity index (χ3n) is 4.49. The van der Waals surface area contributed by atoms with Crippen LogP contribution in [-0.4, -0.2) is 72.4 Å². The molecule has 0 unspecified atom stereocenters. The summed E-state index contributed by atoms with van der Waals surface area (Å²) in [6, 6.07) is 10.0. The predicted molar refractivity (Wildman–Crippen MR) is 104 cm³/mol. The molecule has 2 N–H and O–H groups in total. The largest absolute Gasteiger partial charge is 0.493 e. The number of carboxylic acids is 2. The molecule has 0 atom stereocenters. The minimum atomic E-state index is -1.82. The molecular formula is C20H26N2O7. The zero-order chi connectivity index (χ0) is 21.2. The molecule has 158 valence electrons. The molecule has 1 fully saturated rings. The number of furan rings is 1. The first-order valence-corrected chi connectivity index (χ1v) is 9.07. The lowest BCUT2D eigenvalue weighted by Crippen LogP contribution is -2.45. The fourth-order valence-electron chi connectivity index (χ4n) is 3.05. The van der Waals surface area contributed by atoms with Crippen molar-refractivity contribution in [2.24, 2.45) is 0 Å². The van der Waals surface area contributed by atoms with Crippen molar-refractivity contribution in [1.82, 2.24) is 9.80 Å². The molecule has 0 amide bonds. The molecule has 1 saturated heterocycles. The fraction of sp³-hybridized carbons (Fsp3) is 0.400. The number of methoxy groups -OCH3 is 2. The van der Waals surface area contributed by atoms with Gasteiger partial charge in [0.1, 0.15) is 5.76 Å². The molecule has 0 spiro atoms. The Bertz CT molecular complexity index is 772. The van der Waals surface area contributed by atoms with Crippen molar-refractivity contribution in [3.05, 3.63) is 47.9 Å². The SMILES string of the molecule is COc1cccc(CN2CCN(Cc3ccco3)CC2)c1OC.O=C(O)C(=O)O. The minimum absolute atomic E-state index is 0.793. The zero-order valence-electron chi connectivity index (χ0n) is 16.5. The van der Waals surface area contributed by atoms with E-state index in [0.29, 0.717) is 0 Å². The number of hydrogen-bond donors (Lipinski definition) is 2. The van der Waals surface area contributed by atoms with E-state index < -0.39 is 11.9 Å². The molecule has 3 rings (SSSR count). The number of nitrogens with zero attached hydrogens (tertiary/aromatic N) is 2. The van der Waals surface area contributed by atoms with Crippen molar-refractivity contribution < 1.29 is 33.7 Å². The van der Waals surface area contributed by atoms with E-state index in [2.05, 4.69) is 15.9 Å². The lowest BCUT2D eigenvalue weighted by Gasteiger charge is -2.34. The molecule has 0 radical (unpaired) electrons. The summed E-state index contributed by atoms with van der Waals surface area (Å²) >= 11 is 0. The number of carboxylic acid groups (broad SMARTS) is 2. The number of carbonyl (C=O) groups is 2. The predicted octanol–water partition coefficient (Wildman–Crippen LogP) is 1.77. The van der Waals surface area contributed by atoms with Crippen molar-refractivity contribution >= 4 is 11.9 Å². The van der Waals surface area contributed by atoms with Crippen molar-refractivity contribution in [1.29, 1.82) is 0 Å². The standard InChI is InChI=1S/C18H24N2O3.C2H2O4/c1-21-17-7-3-5-15(18(17)22-2)13-19-8-10-20(11-9-19)14-16-6-4-12-23-16;3-1(4)2(5)6/h3-7,12H,8-11,13-14H2,1-2H3;(H,3,4)(H,5,6). The van der Waals surface area contributed by atoms with Gasteiger partial charge in [-0.3, -0.25) is 9.80 Å². The van der Waals surface area contributed by atoms with Gasteiger partial charge in [-0.25, -0.2) is 9.59 Å². The van der Waals surface area contributed by atoms with Gasteiger partial charge in [0.05, 0.1) is 27.0 Å². The average molecular weight is 406 g/mol. The highest BCUT2D eigenvalue weighted by Gasteiger charge is 2.20.